The maximum atomic E-state index is 12.2. The molecule has 0 spiro atoms. The molecule has 134 valence electrons. The van der Waals surface area contributed by atoms with Gasteiger partial charge in [-0.2, -0.15) is 0 Å². The zero-order valence-corrected chi connectivity index (χ0v) is 16.0. The number of nitrogens with zero attached hydrogens (tertiary/aromatic N) is 3. The average Bonchev–Trinajstić information content (AvgIpc) is 3.00. The van der Waals surface area contributed by atoms with Crippen LogP contribution in [-0.2, 0) is 19.3 Å². The van der Waals surface area contributed by atoms with Crippen LogP contribution in [0.3, 0.4) is 0 Å². The number of carbonyl (C=O) groups excluding carboxylic acids is 1. The number of hydrogen-bond acceptors (Lipinski definition) is 4. The van der Waals surface area contributed by atoms with Gasteiger partial charge >= 0.3 is 0 Å². The van der Waals surface area contributed by atoms with E-state index in [1.165, 1.54) is 11.1 Å². The van der Waals surface area contributed by atoms with Gasteiger partial charge in [-0.3, -0.25) is 4.79 Å². The molecule has 0 aliphatic carbocycles. The summed E-state index contributed by atoms with van der Waals surface area (Å²) in [6.07, 6.45) is 0. The Labute approximate surface area is 157 Å². The van der Waals surface area contributed by atoms with Crippen molar-refractivity contribution in [1.82, 2.24) is 20.1 Å². The molecule has 0 bridgehead atoms. The van der Waals surface area contributed by atoms with Crippen molar-refractivity contribution in [2.24, 2.45) is 7.05 Å². The molecule has 2 aromatic carbocycles. The molecule has 0 saturated carbocycles. The Balaban J connectivity index is 1.57. The Kier molecular flexibility index (Phi) is 5.73. The van der Waals surface area contributed by atoms with Gasteiger partial charge in [0.2, 0.25) is 0 Å². The van der Waals surface area contributed by atoms with Gasteiger partial charge in [0, 0.05) is 18.4 Å². The highest BCUT2D eigenvalue weighted by Crippen LogP contribution is 2.21. The first-order valence-electron chi connectivity index (χ1n) is 8.44. The first kappa shape index (κ1) is 18.2. The van der Waals surface area contributed by atoms with E-state index in [4.69, 9.17) is 0 Å². The summed E-state index contributed by atoms with van der Waals surface area (Å²) >= 11 is 1.64. The van der Waals surface area contributed by atoms with Crippen LogP contribution in [0.4, 0.5) is 0 Å². The number of rotatable bonds is 6. The van der Waals surface area contributed by atoms with Gasteiger partial charge in [0.15, 0.2) is 11.0 Å². The van der Waals surface area contributed by atoms with E-state index in [2.05, 4.69) is 46.7 Å². The molecule has 1 N–H and O–H groups in total. The van der Waals surface area contributed by atoms with Crippen molar-refractivity contribution in [3.63, 3.8) is 0 Å². The highest BCUT2D eigenvalue weighted by atomic mass is 32.2. The molecule has 0 fully saturated rings. The molecule has 26 heavy (non-hydrogen) atoms. The SMILES string of the molecule is Cc1ccc(CSc2nnc(CNC(=O)c3ccc(C)cc3)n2C)cc1. The van der Waals surface area contributed by atoms with Gasteiger partial charge in [-0.25, -0.2) is 0 Å². The molecule has 1 amide bonds. The van der Waals surface area contributed by atoms with Crippen LogP contribution in [0, 0.1) is 13.8 Å². The lowest BCUT2D eigenvalue weighted by Gasteiger charge is -2.06. The number of aromatic nitrogens is 3. The standard InChI is InChI=1S/C20H22N4OS/c1-14-4-8-16(9-5-14)13-26-20-23-22-18(24(20)3)12-21-19(25)17-10-6-15(2)7-11-17/h4-11H,12-13H2,1-3H3,(H,21,25). The lowest BCUT2D eigenvalue weighted by atomic mass is 10.1. The van der Waals surface area contributed by atoms with Gasteiger partial charge in [-0.05, 0) is 31.5 Å². The molecule has 3 rings (SSSR count). The lowest BCUT2D eigenvalue weighted by Crippen LogP contribution is -2.24. The van der Waals surface area contributed by atoms with Crippen LogP contribution in [0.15, 0.2) is 53.7 Å². The van der Waals surface area contributed by atoms with Crippen molar-refractivity contribution in [3.8, 4) is 0 Å². The molecule has 1 heterocycles. The minimum atomic E-state index is -0.109. The van der Waals surface area contributed by atoms with Gasteiger partial charge in [-0.15, -0.1) is 10.2 Å². The van der Waals surface area contributed by atoms with Gasteiger partial charge in [0.05, 0.1) is 6.54 Å². The van der Waals surface area contributed by atoms with E-state index in [-0.39, 0.29) is 5.91 Å². The van der Waals surface area contributed by atoms with Gasteiger partial charge in [0.25, 0.3) is 5.91 Å². The molecule has 0 radical (unpaired) electrons. The zero-order chi connectivity index (χ0) is 18.5. The van der Waals surface area contributed by atoms with E-state index in [0.717, 1.165) is 22.3 Å². The highest BCUT2D eigenvalue weighted by Gasteiger charge is 2.11. The van der Waals surface area contributed by atoms with E-state index in [0.29, 0.717) is 12.1 Å². The summed E-state index contributed by atoms with van der Waals surface area (Å²) in [7, 11) is 1.92. The summed E-state index contributed by atoms with van der Waals surface area (Å²) in [5.74, 6) is 1.46. The first-order chi connectivity index (χ1) is 12.5. The molecule has 1 aromatic heterocycles. The molecule has 6 heteroatoms. The van der Waals surface area contributed by atoms with Gasteiger partial charge in [0.1, 0.15) is 0 Å². The Hall–Kier alpha value is -2.60. The molecule has 5 nitrogen and oxygen atoms in total. The molecule has 0 atom stereocenters. The summed E-state index contributed by atoms with van der Waals surface area (Å²) in [6, 6.07) is 16.0. The Morgan fingerprint density at radius 2 is 1.62 bits per heavy atom. The third-order valence-electron chi connectivity index (χ3n) is 4.13. The number of aryl methyl sites for hydroxylation is 2. The Bertz CT molecular complexity index is 885. The predicted molar refractivity (Wildman–Crippen MR) is 104 cm³/mol. The van der Waals surface area contributed by atoms with E-state index in [9.17, 15) is 4.79 Å². The van der Waals surface area contributed by atoms with E-state index < -0.39 is 0 Å². The topological polar surface area (TPSA) is 59.8 Å². The molecule has 0 aliphatic rings. The van der Waals surface area contributed by atoms with Gasteiger partial charge in [-0.1, -0.05) is 59.3 Å². The Morgan fingerprint density at radius 3 is 2.27 bits per heavy atom. The van der Waals surface area contributed by atoms with E-state index in [1.54, 1.807) is 11.8 Å². The number of thioether (sulfide) groups is 1. The van der Waals surface area contributed by atoms with Crippen molar-refractivity contribution in [3.05, 3.63) is 76.6 Å². The molecule has 0 saturated heterocycles. The fourth-order valence-electron chi connectivity index (χ4n) is 2.42. The molecular weight excluding hydrogens is 344 g/mol. The van der Waals surface area contributed by atoms with Crippen LogP contribution in [0.2, 0.25) is 0 Å². The minimum Gasteiger partial charge on any atom is -0.345 e. The Morgan fingerprint density at radius 1 is 1.00 bits per heavy atom. The number of carbonyl (C=O) groups is 1. The van der Waals surface area contributed by atoms with Crippen molar-refractivity contribution < 1.29 is 4.79 Å². The minimum absolute atomic E-state index is 0.109. The smallest absolute Gasteiger partial charge is 0.251 e. The number of benzene rings is 2. The molecule has 3 aromatic rings. The van der Waals surface area contributed by atoms with Crippen LogP contribution in [0.1, 0.15) is 32.9 Å². The second-order valence-electron chi connectivity index (χ2n) is 6.28. The maximum absolute atomic E-state index is 12.2. The first-order valence-corrected chi connectivity index (χ1v) is 9.43. The van der Waals surface area contributed by atoms with Crippen LogP contribution in [0.5, 0.6) is 0 Å². The van der Waals surface area contributed by atoms with Crippen molar-refractivity contribution in [2.75, 3.05) is 0 Å². The van der Waals surface area contributed by atoms with Crippen LogP contribution >= 0.6 is 11.8 Å². The third-order valence-corrected chi connectivity index (χ3v) is 5.23. The highest BCUT2D eigenvalue weighted by molar-refractivity contribution is 7.98. The summed E-state index contributed by atoms with van der Waals surface area (Å²) in [6.45, 7) is 4.43. The van der Waals surface area contributed by atoms with Crippen molar-refractivity contribution in [1.29, 1.82) is 0 Å². The van der Waals surface area contributed by atoms with Gasteiger partial charge < -0.3 is 9.88 Å². The normalized spacial score (nSPS) is 10.7. The fraction of sp³-hybridized carbons (Fsp3) is 0.250. The largest absolute Gasteiger partial charge is 0.345 e. The number of nitrogens with one attached hydrogen (secondary N) is 1. The molecule has 0 aliphatic heterocycles. The summed E-state index contributed by atoms with van der Waals surface area (Å²) < 4.78 is 1.92. The summed E-state index contributed by atoms with van der Waals surface area (Å²) in [5, 5.41) is 12.2. The van der Waals surface area contributed by atoms with Crippen molar-refractivity contribution >= 4 is 17.7 Å². The molecular formula is C20H22N4OS. The van der Waals surface area contributed by atoms with Crippen LogP contribution in [-0.4, -0.2) is 20.7 Å². The molecule has 0 unspecified atom stereocenters. The third kappa shape index (κ3) is 4.52. The number of amides is 1. The number of hydrogen-bond donors (Lipinski definition) is 1. The fourth-order valence-corrected chi connectivity index (χ4v) is 3.31. The predicted octanol–water partition coefficient (Wildman–Crippen LogP) is 3.65. The zero-order valence-electron chi connectivity index (χ0n) is 15.2. The van der Waals surface area contributed by atoms with Crippen LogP contribution < -0.4 is 5.32 Å². The van der Waals surface area contributed by atoms with Crippen LogP contribution in [0.25, 0.3) is 0 Å². The second kappa shape index (κ2) is 8.19. The maximum Gasteiger partial charge on any atom is 0.251 e. The summed E-state index contributed by atoms with van der Waals surface area (Å²) in [5.41, 5.74) is 4.28. The van der Waals surface area contributed by atoms with E-state index >= 15 is 0 Å². The monoisotopic (exact) mass is 366 g/mol. The van der Waals surface area contributed by atoms with Crippen molar-refractivity contribution in [2.45, 2.75) is 31.3 Å². The quantitative estimate of drug-likeness (QED) is 0.677. The lowest BCUT2D eigenvalue weighted by molar-refractivity contribution is 0.0949. The summed E-state index contributed by atoms with van der Waals surface area (Å²) in [4.78, 5) is 12.2. The second-order valence-corrected chi connectivity index (χ2v) is 7.22. The van der Waals surface area contributed by atoms with E-state index in [1.807, 2.05) is 42.8 Å². The average molecular weight is 366 g/mol.